The van der Waals surface area contributed by atoms with Gasteiger partial charge in [0.2, 0.25) is 5.91 Å². The molecule has 86 valence electrons. The molecule has 1 amide bonds. The van der Waals surface area contributed by atoms with Crippen LogP contribution in [0, 0.1) is 11.3 Å². The summed E-state index contributed by atoms with van der Waals surface area (Å²) in [6, 6.07) is -0.973. The van der Waals surface area contributed by atoms with E-state index >= 15 is 0 Å². The van der Waals surface area contributed by atoms with Crippen molar-refractivity contribution in [3.63, 3.8) is 0 Å². The molecule has 1 aliphatic carbocycles. The molecule has 0 spiro atoms. The molecule has 0 aromatic rings. The first kappa shape index (κ1) is 12.0. The summed E-state index contributed by atoms with van der Waals surface area (Å²) in [5, 5.41) is 19.8. The Hall–Kier alpha value is -1.10. The first-order valence-electron chi connectivity index (χ1n) is 5.02. The van der Waals surface area contributed by atoms with E-state index in [1.54, 1.807) is 0 Å². The molecule has 5 nitrogen and oxygen atoms in total. The third-order valence-electron chi connectivity index (χ3n) is 2.86. The predicted molar refractivity (Wildman–Crippen MR) is 53.2 cm³/mol. The molecule has 15 heavy (non-hydrogen) atoms. The van der Waals surface area contributed by atoms with E-state index in [0.717, 1.165) is 6.42 Å². The predicted octanol–water partition coefficient (Wildman–Crippen LogP) is -0.0157. The highest BCUT2D eigenvalue weighted by atomic mass is 16.4. The summed E-state index contributed by atoms with van der Waals surface area (Å²) in [5.41, 5.74) is -0.00759. The summed E-state index contributed by atoms with van der Waals surface area (Å²) in [5.74, 6) is -1.41. The molecule has 2 atom stereocenters. The number of carboxylic acid groups (broad SMARTS) is 1. The molecule has 1 saturated carbocycles. The first-order chi connectivity index (χ1) is 6.88. The number of carbonyl (C=O) groups excluding carboxylic acids is 1. The zero-order valence-electron chi connectivity index (χ0n) is 8.99. The van der Waals surface area contributed by atoms with Gasteiger partial charge in [0.25, 0.3) is 0 Å². The molecular formula is C10H17NO4. The van der Waals surface area contributed by atoms with Gasteiger partial charge in [-0.15, -0.1) is 0 Å². The highest BCUT2D eigenvalue weighted by Crippen LogP contribution is 2.51. The number of hydrogen-bond donors (Lipinski definition) is 3. The second-order valence-corrected chi connectivity index (χ2v) is 4.66. The van der Waals surface area contributed by atoms with E-state index in [1.165, 1.54) is 0 Å². The summed E-state index contributed by atoms with van der Waals surface area (Å²) in [4.78, 5) is 22.3. The van der Waals surface area contributed by atoms with Crippen LogP contribution < -0.4 is 5.32 Å². The lowest BCUT2D eigenvalue weighted by Crippen LogP contribution is -2.42. The van der Waals surface area contributed by atoms with Crippen LogP contribution in [0.3, 0.4) is 0 Å². The maximum absolute atomic E-state index is 11.6. The lowest BCUT2D eigenvalue weighted by Gasteiger charge is -2.13. The molecule has 3 N–H and O–H groups in total. The number of carbonyl (C=O) groups is 2. The van der Waals surface area contributed by atoms with Gasteiger partial charge in [0, 0.05) is 18.9 Å². The highest BCUT2D eigenvalue weighted by molar-refractivity contribution is 5.87. The lowest BCUT2D eigenvalue weighted by atomic mass is 10.1. The van der Waals surface area contributed by atoms with E-state index in [9.17, 15) is 9.59 Å². The number of amides is 1. The molecule has 0 radical (unpaired) electrons. The Balaban J connectivity index is 2.45. The molecule has 1 rings (SSSR count). The van der Waals surface area contributed by atoms with Crippen LogP contribution in [-0.4, -0.2) is 34.7 Å². The molecule has 5 heteroatoms. The minimum Gasteiger partial charge on any atom is -0.480 e. The third kappa shape index (κ3) is 2.92. The average molecular weight is 215 g/mol. The van der Waals surface area contributed by atoms with Crippen LogP contribution >= 0.6 is 0 Å². The topological polar surface area (TPSA) is 86.6 Å². The number of nitrogens with one attached hydrogen (secondary N) is 1. The third-order valence-corrected chi connectivity index (χ3v) is 2.86. The summed E-state index contributed by atoms with van der Waals surface area (Å²) in [6.07, 6.45) is 0.846. The van der Waals surface area contributed by atoms with Crippen molar-refractivity contribution < 1.29 is 19.8 Å². The number of aliphatic carboxylic acids is 1. The summed E-state index contributed by atoms with van der Waals surface area (Å²) in [6.45, 7) is 3.70. The Kier molecular flexibility index (Phi) is 3.34. The average Bonchev–Trinajstić information content (AvgIpc) is 2.74. The van der Waals surface area contributed by atoms with Gasteiger partial charge >= 0.3 is 5.97 Å². The van der Waals surface area contributed by atoms with Crippen LogP contribution in [0.15, 0.2) is 0 Å². The van der Waals surface area contributed by atoms with Gasteiger partial charge in [0.05, 0.1) is 0 Å². The molecule has 0 aliphatic heterocycles. The second-order valence-electron chi connectivity index (χ2n) is 4.66. The molecule has 1 aliphatic rings. The van der Waals surface area contributed by atoms with E-state index in [4.69, 9.17) is 10.2 Å². The van der Waals surface area contributed by atoms with Crippen LogP contribution in [0.1, 0.15) is 26.7 Å². The monoisotopic (exact) mass is 215 g/mol. The van der Waals surface area contributed by atoms with E-state index in [1.807, 2.05) is 13.8 Å². The van der Waals surface area contributed by atoms with Gasteiger partial charge in [0.1, 0.15) is 6.04 Å². The molecule has 1 unspecified atom stereocenters. The largest absolute Gasteiger partial charge is 0.480 e. The fraction of sp³-hybridized carbons (Fsp3) is 0.800. The number of rotatable bonds is 5. The summed E-state index contributed by atoms with van der Waals surface area (Å²) in [7, 11) is 0. The number of aliphatic hydroxyl groups is 1. The van der Waals surface area contributed by atoms with Gasteiger partial charge in [-0.25, -0.2) is 4.79 Å². The van der Waals surface area contributed by atoms with E-state index < -0.39 is 12.0 Å². The zero-order chi connectivity index (χ0) is 11.6. The van der Waals surface area contributed by atoms with Crippen molar-refractivity contribution in [1.29, 1.82) is 0 Å². The van der Waals surface area contributed by atoms with Crippen molar-refractivity contribution in [3.05, 3.63) is 0 Å². The van der Waals surface area contributed by atoms with Crippen LogP contribution in [0.5, 0.6) is 0 Å². The lowest BCUT2D eigenvalue weighted by molar-refractivity contribution is -0.142. The van der Waals surface area contributed by atoms with Crippen molar-refractivity contribution in [2.24, 2.45) is 11.3 Å². The second kappa shape index (κ2) is 4.18. The smallest absolute Gasteiger partial charge is 0.326 e. The Morgan fingerprint density at radius 3 is 2.40 bits per heavy atom. The summed E-state index contributed by atoms with van der Waals surface area (Å²) >= 11 is 0. The Morgan fingerprint density at radius 1 is 1.53 bits per heavy atom. The molecule has 0 aromatic heterocycles. The van der Waals surface area contributed by atoms with Gasteiger partial charge < -0.3 is 15.5 Å². The van der Waals surface area contributed by atoms with Gasteiger partial charge in [-0.1, -0.05) is 13.8 Å². The van der Waals surface area contributed by atoms with Crippen molar-refractivity contribution in [3.8, 4) is 0 Å². The summed E-state index contributed by atoms with van der Waals surface area (Å²) < 4.78 is 0. The van der Waals surface area contributed by atoms with Gasteiger partial charge in [-0.05, 0) is 11.8 Å². The highest BCUT2D eigenvalue weighted by Gasteiger charge is 2.51. The Bertz CT molecular complexity index is 275. The normalized spacial score (nSPS) is 24.3. The van der Waals surface area contributed by atoms with Crippen LogP contribution in [-0.2, 0) is 9.59 Å². The fourth-order valence-corrected chi connectivity index (χ4v) is 1.57. The van der Waals surface area contributed by atoms with Crippen LogP contribution in [0.25, 0.3) is 0 Å². The molecule has 0 bridgehead atoms. The Labute approximate surface area is 88.5 Å². The van der Waals surface area contributed by atoms with Crippen molar-refractivity contribution >= 4 is 11.9 Å². The molecule has 0 heterocycles. The maximum Gasteiger partial charge on any atom is 0.326 e. The quantitative estimate of drug-likeness (QED) is 0.601. The molecular weight excluding hydrogens is 198 g/mol. The van der Waals surface area contributed by atoms with Crippen LogP contribution in [0.4, 0.5) is 0 Å². The SMILES string of the molecule is CC1(C)CC1C(=O)N[C@@H](CCO)C(=O)O. The van der Waals surface area contributed by atoms with Crippen molar-refractivity contribution in [2.45, 2.75) is 32.7 Å². The number of hydrogen-bond acceptors (Lipinski definition) is 3. The fourth-order valence-electron chi connectivity index (χ4n) is 1.57. The molecule has 0 saturated heterocycles. The van der Waals surface area contributed by atoms with E-state index in [-0.39, 0.29) is 30.3 Å². The molecule has 0 aromatic carbocycles. The standard InChI is InChI=1S/C10H17NO4/c1-10(2)5-6(10)8(13)11-7(3-4-12)9(14)15/h6-7,12H,3-5H2,1-2H3,(H,11,13)(H,14,15)/t6?,7-/m0/s1. The Morgan fingerprint density at radius 2 is 2.07 bits per heavy atom. The van der Waals surface area contributed by atoms with E-state index in [0.29, 0.717) is 0 Å². The van der Waals surface area contributed by atoms with Crippen molar-refractivity contribution in [2.75, 3.05) is 6.61 Å². The van der Waals surface area contributed by atoms with Crippen LogP contribution in [0.2, 0.25) is 0 Å². The van der Waals surface area contributed by atoms with Crippen molar-refractivity contribution in [1.82, 2.24) is 5.32 Å². The van der Waals surface area contributed by atoms with E-state index in [2.05, 4.69) is 5.32 Å². The zero-order valence-corrected chi connectivity index (χ0v) is 8.99. The molecule has 1 fully saturated rings. The first-order valence-corrected chi connectivity index (χ1v) is 5.02. The number of aliphatic hydroxyl groups excluding tert-OH is 1. The number of carboxylic acids is 1. The minimum absolute atomic E-state index is 0.00759. The van der Waals surface area contributed by atoms with Gasteiger partial charge in [0.15, 0.2) is 0 Å². The van der Waals surface area contributed by atoms with Gasteiger partial charge in [-0.2, -0.15) is 0 Å². The minimum atomic E-state index is -1.10. The van der Waals surface area contributed by atoms with Gasteiger partial charge in [-0.3, -0.25) is 4.79 Å². The maximum atomic E-state index is 11.6.